The fourth-order valence-electron chi connectivity index (χ4n) is 5.04. The summed E-state index contributed by atoms with van der Waals surface area (Å²) in [6, 6.07) is 14.2. The van der Waals surface area contributed by atoms with Crippen LogP contribution in [0.15, 0.2) is 42.6 Å². The van der Waals surface area contributed by atoms with Crippen LogP contribution in [0.5, 0.6) is 0 Å². The number of aryl methyl sites for hydroxylation is 1. The molecule has 4 nitrogen and oxygen atoms in total. The zero-order valence-electron chi connectivity index (χ0n) is 17.2. The maximum atomic E-state index is 8.99. The molecule has 2 aliphatic rings. The van der Waals surface area contributed by atoms with Crippen LogP contribution in [0.2, 0.25) is 5.02 Å². The van der Waals surface area contributed by atoms with E-state index in [0.717, 1.165) is 56.2 Å². The number of hydrogen-bond acceptors (Lipinski definition) is 4. The van der Waals surface area contributed by atoms with E-state index in [1.807, 2.05) is 24.3 Å². The summed E-state index contributed by atoms with van der Waals surface area (Å²) in [6.07, 6.45) is 5.06. The second kappa shape index (κ2) is 8.07. The molecule has 2 fully saturated rings. The third kappa shape index (κ3) is 4.33. The van der Waals surface area contributed by atoms with Gasteiger partial charge in [0.1, 0.15) is 6.07 Å². The SMILES string of the molecule is CC1(C)CO[C@@H]1[C@]1(CCc2ccc(C#N)cn2)CCN(Cc2ccc(Cl)cc2)C1. The number of rotatable bonds is 6. The highest BCUT2D eigenvalue weighted by molar-refractivity contribution is 6.30. The molecule has 2 saturated heterocycles. The topological polar surface area (TPSA) is 49.1 Å². The second-order valence-electron chi connectivity index (χ2n) is 9.28. The standard InChI is InChI=1S/C24H28ClN3O/c1-23(2)17-29-22(23)24(10-9-21-8-5-19(13-26)14-27-21)11-12-28(16-24)15-18-3-6-20(25)7-4-18/h3-8,14,22H,9-12,15-17H2,1-2H3/t22-,24+/m0/s1. The smallest absolute Gasteiger partial charge is 0.101 e. The monoisotopic (exact) mass is 409 g/mol. The van der Waals surface area contributed by atoms with Gasteiger partial charge in [-0.3, -0.25) is 9.88 Å². The zero-order chi connectivity index (χ0) is 20.5. The number of ether oxygens (including phenoxy) is 1. The predicted octanol–water partition coefficient (Wildman–Crippen LogP) is 4.86. The van der Waals surface area contributed by atoms with E-state index in [1.165, 1.54) is 5.56 Å². The zero-order valence-corrected chi connectivity index (χ0v) is 18.0. The second-order valence-corrected chi connectivity index (χ2v) is 9.72. The number of nitriles is 1. The lowest BCUT2D eigenvalue weighted by molar-refractivity contribution is -0.223. The van der Waals surface area contributed by atoms with E-state index >= 15 is 0 Å². The Kier molecular flexibility index (Phi) is 5.66. The number of likely N-dealkylation sites (tertiary alicyclic amines) is 1. The van der Waals surface area contributed by atoms with Crippen LogP contribution in [0.25, 0.3) is 0 Å². The number of nitrogens with zero attached hydrogens (tertiary/aromatic N) is 3. The van der Waals surface area contributed by atoms with Gasteiger partial charge in [-0.2, -0.15) is 5.26 Å². The molecule has 2 atom stereocenters. The number of aromatic nitrogens is 1. The molecule has 0 unspecified atom stereocenters. The molecule has 152 valence electrons. The normalized spacial score (nSPS) is 26.1. The maximum absolute atomic E-state index is 8.99. The van der Waals surface area contributed by atoms with Crippen LogP contribution in [0.1, 0.15) is 43.5 Å². The molecule has 5 heteroatoms. The Labute approximate surface area is 178 Å². The lowest BCUT2D eigenvalue weighted by atomic mass is 9.64. The molecule has 0 bridgehead atoms. The summed E-state index contributed by atoms with van der Waals surface area (Å²) in [7, 11) is 0. The molecule has 2 aliphatic heterocycles. The summed E-state index contributed by atoms with van der Waals surface area (Å²) >= 11 is 6.04. The molecule has 0 saturated carbocycles. The van der Waals surface area contributed by atoms with E-state index in [9.17, 15) is 0 Å². The Morgan fingerprint density at radius 2 is 2.03 bits per heavy atom. The molecule has 1 aromatic carbocycles. The number of pyridine rings is 1. The van der Waals surface area contributed by atoms with Crippen molar-refractivity contribution in [1.82, 2.24) is 9.88 Å². The van der Waals surface area contributed by atoms with E-state index in [2.05, 4.69) is 41.9 Å². The summed E-state index contributed by atoms with van der Waals surface area (Å²) < 4.78 is 6.16. The van der Waals surface area contributed by atoms with E-state index in [0.29, 0.717) is 5.56 Å². The predicted molar refractivity (Wildman–Crippen MR) is 115 cm³/mol. The first-order valence-electron chi connectivity index (χ1n) is 10.3. The lowest BCUT2D eigenvalue weighted by Crippen LogP contribution is -2.58. The third-order valence-electron chi connectivity index (χ3n) is 6.50. The Morgan fingerprint density at radius 1 is 1.24 bits per heavy atom. The third-order valence-corrected chi connectivity index (χ3v) is 6.76. The van der Waals surface area contributed by atoms with Crippen molar-refractivity contribution in [3.05, 3.63) is 64.4 Å². The quantitative estimate of drug-likeness (QED) is 0.683. The van der Waals surface area contributed by atoms with Gasteiger partial charge < -0.3 is 4.74 Å². The fourth-order valence-corrected chi connectivity index (χ4v) is 5.16. The average molecular weight is 410 g/mol. The van der Waals surface area contributed by atoms with Crippen molar-refractivity contribution in [3.63, 3.8) is 0 Å². The van der Waals surface area contributed by atoms with E-state index in [4.69, 9.17) is 21.6 Å². The molecular weight excluding hydrogens is 382 g/mol. The highest BCUT2D eigenvalue weighted by Crippen LogP contribution is 2.51. The molecule has 0 aliphatic carbocycles. The van der Waals surface area contributed by atoms with Crippen LogP contribution in [-0.2, 0) is 17.7 Å². The summed E-state index contributed by atoms with van der Waals surface area (Å²) in [5, 5.41) is 9.77. The van der Waals surface area contributed by atoms with Crippen molar-refractivity contribution in [2.75, 3.05) is 19.7 Å². The van der Waals surface area contributed by atoms with E-state index in [1.54, 1.807) is 6.20 Å². The Hall–Kier alpha value is -1.93. The first-order valence-corrected chi connectivity index (χ1v) is 10.7. The minimum Gasteiger partial charge on any atom is -0.376 e. The first kappa shape index (κ1) is 20.3. The van der Waals surface area contributed by atoms with Gasteiger partial charge in [-0.25, -0.2) is 0 Å². The summed E-state index contributed by atoms with van der Waals surface area (Å²) in [5.41, 5.74) is 3.32. The lowest BCUT2D eigenvalue weighted by Gasteiger charge is -2.53. The van der Waals surface area contributed by atoms with E-state index in [-0.39, 0.29) is 16.9 Å². The molecule has 1 aromatic heterocycles. The van der Waals surface area contributed by atoms with Gasteiger partial charge in [-0.15, -0.1) is 0 Å². The molecule has 2 aromatic rings. The minimum atomic E-state index is 0.143. The van der Waals surface area contributed by atoms with Gasteiger partial charge in [0.2, 0.25) is 0 Å². The van der Waals surface area contributed by atoms with Crippen LogP contribution in [-0.4, -0.2) is 35.7 Å². The fraction of sp³-hybridized carbons (Fsp3) is 0.500. The molecule has 0 radical (unpaired) electrons. The number of halogens is 1. The highest BCUT2D eigenvalue weighted by atomic mass is 35.5. The molecule has 0 N–H and O–H groups in total. The van der Waals surface area contributed by atoms with Gasteiger partial charge in [-0.05, 0) is 55.6 Å². The van der Waals surface area contributed by atoms with Gasteiger partial charge in [0.05, 0.1) is 18.3 Å². The molecular formula is C24H28ClN3O. The Balaban J connectivity index is 1.48. The van der Waals surface area contributed by atoms with Crippen molar-refractivity contribution in [2.24, 2.45) is 10.8 Å². The van der Waals surface area contributed by atoms with Crippen LogP contribution in [0.3, 0.4) is 0 Å². The molecule has 29 heavy (non-hydrogen) atoms. The first-order chi connectivity index (χ1) is 13.9. The maximum Gasteiger partial charge on any atom is 0.101 e. The van der Waals surface area contributed by atoms with Gasteiger partial charge in [0.15, 0.2) is 0 Å². The van der Waals surface area contributed by atoms with Gasteiger partial charge in [0.25, 0.3) is 0 Å². The van der Waals surface area contributed by atoms with Crippen LogP contribution in [0.4, 0.5) is 0 Å². The van der Waals surface area contributed by atoms with Crippen molar-refractivity contribution in [3.8, 4) is 6.07 Å². The molecule has 0 spiro atoms. The van der Waals surface area contributed by atoms with Crippen LogP contribution >= 0.6 is 11.6 Å². The van der Waals surface area contributed by atoms with Crippen LogP contribution in [0, 0.1) is 22.2 Å². The summed E-state index contributed by atoms with van der Waals surface area (Å²) in [6.45, 7) is 8.56. The molecule has 3 heterocycles. The number of hydrogen-bond donors (Lipinski definition) is 0. The minimum absolute atomic E-state index is 0.143. The van der Waals surface area contributed by atoms with Gasteiger partial charge >= 0.3 is 0 Å². The van der Waals surface area contributed by atoms with Gasteiger partial charge in [-0.1, -0.05) is 37.6 Å². The molecule has 4 rings (SSSR count). The Bertz CT molecular complexity index is 888. The van der Waals surface area contributed by atoms with Gasteiger partial charge in [0, 0.05) is 40.8 Å². The van der Waals surface area contributed by atoms with E-state index < -0.39 is 0 Å². The number of benzene rings is 1. The Morgan fingerprint density at radius 3 is 2.62 bits per heavy atom. The van der Waals surface area contributed by atoms with Crippen LogP contribution < -0.4 is 0 Å². The largest absolute Gasteiger partial charge is 0.376 e. The van der Waals surface area contributed by atoms with Crippen molar-refractivity contribution >= 4 is 11.6 Å². The summed E-state index contributed by atoms with van der Waals surface area (Å²) in [4.78, 5) is 7.04. The highest BCUT2D eigenvalue weighted by Gasteiger charge is 2.55. The van der Waals surface area contributed by atoms with Crippen molar-refractivity contribution in [1.29, 1.82) is 5.26 Å². The average Bonchev–Trinajstić information content (AvgIpc) is 3.11. The molecule has 0 amide bonds. The van der Waals surface area contributed by atoms with Crippen molar-refractivity contribution in [2.45, 2.75) is 45.8 Å². The summed E-state index contributed by atoms with van der Waals surface area (Å²) in [5.74, 6) is 0. The van der Waals surface area contributed by atoms with Crippen molar-refractivity contribution < 1.29 is 4.74 Å².